The Morgan fingerprint density at radius 1 is 0.917 bits per heavy atom. The highest BCUT2D eigenvalue weighted by Gasteiger charge is 1.90. The van der Waals surface area contributed by atoms with Crippen molar-refractivity contribution >= 4 is 11.8 Å². The molecule has 1 nitrogen and oxygen atoms in total. The number of hydrogen-bond acceptors (Lipinski definition) is 2. The summed E-state index contributed by atoms with van der Waals surface area (Å²) in [5, 5.41) is 8.54. The number of aliphatic hydroxyl groups excluding tert-OH is 1. The van der Waals surface area contributed by atoms with Crippen LogP contribution in [0.1, 0.15) is 45.4 Å². The second kappa shape index (κ2) is 11.3. The van der Waals surface area contributed by atoms with Crippen LogP contribution in [0.25, 0.3) is 0 Å². The van der Waals surface area contributed by atoms with Crippen molar-refractivity contribution in [3.63, 3.8) is 0 Å². The molecule has 0 heterocycles. The Kier molecular flexibility index (Phi) is 11.6. The van der Waals surface area contributed by atoms with Gasteiger partial charge in [-0.15, -0.1) is 0 Å². The number of unbranched alkanes of at least 4 members (excludes halogenated alkanes) is 5. The summed E-state index contributed by atoms with van der Waals surface area (Å²) in [5.41, 5.74) is 0. The van der Waals surface area contributed by atoms with Gasteiger partial charge in [-0.3, -0.25) is 0 Å². The van der Waals surface area contributed by atoms with Gasteiger partial charge in [0.15, 0.2) is 0 Å². The molecule has 0 rings (SSSR count). The number of thioether (sulfide) groups is 1. The number of hydrogen-bond donors (Lipinski definition) is 1. The zero-order valence-corrected chi connectivity index (χ0v) is 9.04. The summed E-state index contributed by atoms with van der Waals surface area (Å²) in [6.45, 7) is 2.58. The zero-order valence-electron chi connectivity index (χ0n) is 8.22. The van der Waals surface area contributed by atoms with Crippen molar-refractivity contribution in [1.29, 1.82) is 0 Å². The fourth-order valence-corrected chi connectivity index (χ4v) is 1.86. The molecule has 0 saturated carbocycles. The second-order valence-electron chi connectivity index (χ2n) is 3.04. The van der Waals surface area contributed by atoms with Crippen LogP contribution >= 0.6 is 11.8 Å². The Balaban J connectivity index is 2.73. The van der Waals surface area contributed by atoms with Gasteiger partial charge in [-0.2, -0.15) is 11.8 Å². The van der Waals surface area contributed by atoms with Crippen molar-refractivity contribution in [1.82, 2.24) is 0 Å². The molecule has 0 aromatic carbocycles. The number of rotatable bonds is 9. The topological polar surface area (TPSA) is 20.2 Å². The molecule has 0 aromatic rings. The van der Waals surface area contributed by atoms with Crippen LogP contribution in [0.3, 0.4) is 0 Å². The molecule has 0 aliphatic carbocycles. The van der Waals surface area contributed by atoms with E-state index in [1.165, 1.54) is 43.6 Å². The predicted octanol–water partition coefficient (Wildman–Crippen LogP) is 3.07. The minimum Gasteiger partial charge on any atom is -0.396 e. The maximum Gasteiger partial charge on any atom is 0.0431 e. The van der Waals surface area contributed by atoms with Gasteiger partial charge >= 0.3 is 0 Å². The third-order valence-corrected chi connectivity index (χ3v) is 2.89. The standard InChI is InChI=1S/C10H22OS/c1-2-12-10-8-6-4-3-5-7-9-11/h11H,2-10H2,1H3. The molecule has 74 valence electrons. The van der Waals surface area contributed by atoms with Crippen LogP contribution in [0.4, 0.5) is 0 Å². The van der Waals surface area contributed by atoms with Gasteiger partial charge in [-0.25, -0.2) is 0 Å². The van der Waals surface area contributed by atoms with Crippen LogP contribution < -0.4 is 0 Å². The summed E-state index contributed by atoms with van der Waals surface area (Å²) >= 11 is 2.04. The predicted molar refractivity (Wildman–Crippen MR) is 57.8 cm³/mol. The van der Waals surface area contributed by atoms with Crippen molar-refractivity contribution in [2.24, 2.45) is 0 Å². The lowest BCUT2D eigenvalue weighted by Gasteiger charge is -1.99. The first kappa shape index (κ1) is 12.3. The van der Waals surface area contributed by atoms with Crippen molar-refractivity contribution in [2.45, 2.75) is 45.4 Å². The molecular weight excluding hydrogens is 168 g/mol. The van der Waals surface area contributed by atoms with Gasteiger partial charge in [0.2, 0.25) is 0 Å². The van der Waals surface area contributed by atoms with Gasteiger partial charge < -0.3 is 5.11 Å². The minimum atomic E-state index is 0.367. The summed E-state index contributed by atoms with van der Waals surface area (Å²) in [6.07, 6.45) is 7.60. The third kappa shape index (κ3) is 10.3. The van der Waals surface area contributed by atoms with Crippen LogP contribution in [-0.2, 0) is 0 Å². The van der Waals surface area contributed by atoms with Gasteiger partial charge in [0.05, 0.1) is 0 Å². The lowest BCUT2D eigenvalue weighted by atomic mass is 10.1. The van der Waals surface area contributed by atoms with Crippen LogP contribution in [-0.4, -0.2) is 23.2 Å². The second-order valence-corrected chi connectivity index (χ2v) is 4.44. The van der Waals surface area contributed by atoms with E-state index in [4.69, 9.17) is 5.11 Å². The van der Waals surface area contributed by atoms with E-state index in [-0.39, 0.29) is 0 Å². The zero-order chi connectivity index (χ0) is 9.07. The number of aliphatic hydroxyl groups is 1. The van der Waals surface area contributed by atoms with E-state index in [1.807, 2.05) is 11.8 Å². The average Bonchev–Trinajstić information content (AvgIpc) is 2.10. The molecule has 0 fully saturated rings. The summed E-state index contributed by atoms with van der Waals surface area (Å²) in [4.78, 5) is 0. The fourth-order valence-electron chi connectivity index (χ4n) is 1.17. The molecule has 0 unspecified atom stereocenters. The quantitative estimate of drug-likeness (QED) is 0.564. The lowest BCUT2D eigenvalue weighted by Crippen LogP contribution is -1.85. The van der Waals surface area contributed by atoms with Crippen LogP contribution in [0.15, 0.2) is 0 Å². The summed E-state index contributed by atoms with van der Waals surface area (Å²) < 4.78 is 0. The summed E-state index contributed by atoms with van der Waals surface area (Å²) in [6, 6.07) is 0. The van der Waals surface area contributed by atoms with Gasteiger partial charge in [0.1, 0.15) is 0 Å². The third-order valence-electron chi connectivity index (χ3n) is 1.90. The maximum absolute atomic E-state index is 8.54. The van der Waals surface area contributed by atoms with Gasteiger partial charge in [-0.05, 0) is 24.3 Å². The van der Waals surface area contributed by atoms with E-state index < -0.39 is 0 Å². The molecule has 0 bridgehead atoms. The largest absolute Gasteiger partial charge is 0.396 e. The first-order valence-electron chi connectivity index (χ1n) is 5.10. The van der Waals surface area contributed by atoms with E-state index in [2.05, 4.69) is 6.92 Å². The molecular formula is C10H22OS. The highest BCUT2D eigenvalue weighted by atomic mass is 32.2. The van der Waals surface area contributed by atoms with Crippen LogP contribution in [0, 0.1) is 0 Å². The fraction of sp³-hybridized carbons (Fsp3) is 1.00. The Labute approximate surface area is 80.9 Å². The maximum atomic E-state index is 8.54. The smallest absolute Gasteiger partial charge is 0.0431 e. The molecule has 0 aromatic heterocycles. The Morgan fingerprint density at radius 3 is 2.08 bits per heavy atom. The molecule has 0 saturated heterocycles. The van der Waals surface area contributed by atoms with E-state index in [0.717, 1.165) is 6.42 Å². The molecule has 2 heteroatoms. The molecule has 1 N–H and O–H groups in total. The summed E-state index contributed by atoms with van der Waals surface area (Å²) in [7, 11) is 0. The van der Waals surface area contributed by atoms with Crippen molar-refractivity contribution < 1.29 is 5.11 Å². The lowest BCUT2D eigenvalue weighted by molar-refractivity contribution is 0.282. The van der Waals surface area contributed by atoms with Gasteiger partial charge in [-0.1, -0.05) is 32.6 Å². The highest BCUT2D eigenvalue weighted by molar-refractivity contribution is 7.99. The van der Waals surface area contributed by atoms with E-state index in [0.29, 0.717) is 6.61 Å². The Bertz CT molecular complexity index is 66.2. The Hall–Kier alpha value is 0.310. The monoisotopic (exact) mass is 190 g/mol. The van der Waals surface area contributed by atoms with Crippen molar-refractivity contribution in [3.05, 3.63) is 0 Å². The molecule has 0 spiro atoms. The Morgan fingerprint density at radius 2 is 1.50 bits per heavy atom. The molecule has 0 atom stereocenters. The minimum absolute atomic E-state index is 0.367. The van der Waals surface area contributed by atoms with Crippen molar-refractivity contribution in [3.8, 4) is 0 Å². The van der Waals surface area contributed by atoms with Crippen LogP contribution in [0.2, 0.25) is 0 Å². The molecule has 0 amide bonds. The van der Waals surface area contributed by atoms with E-state index in [9.17, 15) is 0 Å². The average molecular weight is 190 g/mol. The van der Waals surface area contributed by atoms with Gasteiger partial charge in [0.25, 0.3) is 0 Å². The van der Waals surface area contributed by atoms with Crippen molar-refractivity contribution in [2.75, 3.05) is 18.1 Å². The molecule has 12 heavy (non-hydrogen) atoms. The van der Waals surface area contributed by atoms with E-state index >= 15 is 0 Å². The first-order chi connectivity index (χ1) is 5.91. The first-order valence-corrected chi connectivity index (χ1v) is 6.26. The van der Waals surface area contributed by atoms with E-state index in [1.54, 1.807) is 0 Å². The summed E-state index contributed by atoms with van der Waals surface area (Å²) in [5.74, 6) is 2.58. The van der Waals surface area contributed by atoms with Gasteiger partial charge in [0, 0.05) is 6.61 Å². The highest BCUT2D eigenvalue weighted by Crippen LogP contribution is 2.08. The normalized spacial score (nSPS) is 10.5. The van der Waals surface area contributed by atoms with Crippen LogP contribution in [0.5, 0.6) is 0 Å². The molecule has 0 radical (unpaired) electrons. The molecule has 0 aliphatic heterocycles. The molecule has 0 aliphatic rings. The SMILES string of the molecule is CCSCCCCCCCCO.